The maximum Gasteiger partial charge on any atom is 0.242 e. The van der Waals surface area contributed by atoms with Gasteiger partial charge in [-0.05, 0) is 30.5 Å². The lowest BCUT2D eigenvalue weighted by molar-refractivity contribution is -0.135. The molecule has 1 aliphatic heterocycles. The second-order valence-corrected chi connectivity index (χ2v) is 7.99. The first-order valence-corrected chi connectivity index (χ1v) is 10.2. The van der Waals surface area contributed by atoms with Gasteiger partial charge in [0, 0.05) is 29.7 Å². The molecule has 2 aromatic heterocycles. The summed E-state index contributed by atoms with van der Waals surface area (Å²) >= 11 is 7.80. The normalized spacial score (nSPS) is 14.6. The van der Waals surface area contributed by atoms with Crippen molar-refractivity contribution in [1.82, 2.24) is 9.47 Å². The van der Waals surface area contributed by atoms with Crippen molar-refractivity contribution >= 4 is 50.5 Å². The lowest BCUT2D eigenvalue weighted by Crippen LogP contribution is -2.42. The third kappa shape index (κ3) is 3.19. The highest BCUT2D eigenvalue weighted by Crippen LogP contribution is 2.34. The van der Waals surface area contributed by atoms with Gasteiger partial charge in [0.1, 0.15) is 11.4 Å². The van der Waals surface area contributed by atoms with Crippen molar-refractivity contribution in [2.45, 2.75) is 13.5 Å². The van der Waals surface area contributed by atoms with Gasteiger partial charge in [-0.15, -0.1) is 11.3 Å². The Balaban J connectivity index is 1.73. The van der Waals surface area contributed by atoms with Gasteiger partial charge in [0.15, 0.2) is 5.78 Å². The van der Waals surface area contributed by atoms with Crippen molar-refractivity contribution in [2.75, 3.05) is 32.0 Å². The summed E-state index contributed by atoms with van der Waals surface area (Å²) in [5.41, 5.74) is 7.94. The Morgan fingerprint density at radius 2 is 2.00 bits per heavy atom. The lowest BCUT2D eigenvalue weighted by Gasteiger charge is -2.27. The molecule has 8 heteroatoms. The van der Waals surface area contributed by atoms with E-state index >= 15 is 0 Å². The molecule has 0 spiro atoms. The Hall–Kier alpha value is -2.35. The number of benzene rings is 1. The highest BCUT2D eigenvalue weighted by molar-refractivity contribution is 7.16. The predicted octanol–water partition coefficient (Wildman–Crippen LogP) is 3.34. The number of hydrogen-bond donors (Lipinski definition) is 1. The molecular formula is C20H20ClN3O3S. The van der Waals surface area contributed by atoms with Crippen LogP contribution in [0.2, 0.25) is 5.02 Å². The smallest absolute Gasteiger partial charge is 0.242 e. The molecule has 146 valence electrons. The van der Waals surface area contributed by atoms with Crippen LogP contribution in [0, 0.1) is 6.92 Å². The molecule has 3 aromatic rings. The van der Waals surface area contributed by atoms with Gasteiger partial charge >= 0.3 is 0 Å². The molecule has 1 aromatic carbocycles. The first-order chi connectivity index (χ1) is 13.5. The Labute approximate surface area is 171 Å². The molecule has 0 bridgehead atoms. The number of amides is 1. The van der Waals surface area contributed by atoms with E-state index in [2.05, 4.69) is 0 Å². The van der Waals surface area contributed by atoms with Gasteiger partial charge < -0.3 is 19.9 Å². The second-order valence-electron chi connectivity index (χ2n) is 6.72. The van der Waals surface area contributed by atoms with Crippen LogP contribution in [-0.4, -0.2) is 47.5 Å². The van der Waals surface area contributed by atoms with Gasteiger partial charge in [-0.1, -0.05) is 17.7 Å². The van der Waals surface area contributed by atoms with Crippen molar-refractivity contribution in [3.8, 4) is 0 Å². The SMILES string of the molecule is Cc1c(C(=O)c2cccc(N)c2Cl)c2ccsc2n1CC(=O)N1CCOCC1. The number of anilines is 1. The molecule has 2 N–H and O–H groups in total. The number of fused-ring (bicyclic) bond motifs is 1. The molecule has 6 nitrogen and oxygen atoms in total. The van der Waals surface area contributed by atoms with Crippen LogP contribution in [0.5, 0.6) is 0 Å². The van der Waals surface area contributed by atoms with Gasteiger partial charge in [0.2, 0.25) is 5.91 Å². The van der Waals surface area contributed by atoms with Crippen LogP contribution in [0.25, 0.3) is 10.2 Å². The molecule has 4 rings (SSSR count). The quantitative estimate of drug-likeness (QED) is 0.521. The molecule has 0 aliphatic carbocycles. The molecule has 0 radical (unpaired) electrons. The van der Waals surface area contributed by atoms with Gasteiger partial charge in [0.25, 0.3) is 0 Å². The third-order valence-corrected chi connectivity index (χ3v) is 6.44. The number of rotatable bonds is 4. The average molecular weight is 418 g/mol. The summed E-state index contributed by atoms with van der Waals surface area (Å²) in [4.78, 5) is 28.8. The summed E-state index contributed by atoms with van der Waals surface area (Å²) in [6, 6.07) is 6.97. The van der Waals surface area contributed by atoms with E-state index in [-0.39, 0.29) is 23.3 Å². The van der Waals surface area contributed by atoms with Crippen LogP contribution in [-0.2, 0) is 16.1 Å². The Morgan fingerprint density at radius 1 is 1.25 bits per heavy atom. The first-order valence-electron chi connectivity index (χ1n) is 8.99. The zero-order valence-corrected chi connectivity index (χ0v) is 17.0. The second kappa shape index (κ2) is 7.58. The fourth-order valence-corrected chi connectivity index (χ4v) is 4.74. The van der Waals surface area contributed by atoms with Crippen molar-refractivity contribution in [3.63, 3.8) is 0 Å². The van der Waals surface area contributed by atoms with Crippen LogP contribution in [0.4, 0.5) is 5.69 Å². The van der Waals surface area contributed by atoms with Crippen molar-refractivity contribution in [3.05, 3.63) is 51.5 Å². The number of nitrogen functional groups attached to an aromatic ring is 1. The van der Waals surface area contributed by atoms with Gasteiger partial charge in [0.05, 0.1) is 29.5 Å². The largest absolute Gasteiger partial charge is 0.398 e. The molecule has 1 fully saturated rings. The van der Waals surface area contributed by atoms with Crippen LogP contribution >= 0.6 is 22.9 Å². The summed E-state index contributed by atoms with van der Waals surface area (Å²) in [6.07, 6.45) is 0. The number of nitrogens with zero attached hydrogens (tertiary/aromatic N) is 2. The van der Waals surface area contributed by atoms with E-state index in [9.17, 15) is 9.59 Å². The number of morpholine rings is 1. The number of carbonyl (C=O) groups excluding carboxylic acids is 2. The molecule has 0 saturated carbocycles. The summed E-state index contributed by atoms with van der Waals surface area (Å²) in [6.45, 7) is 4.37. The summed E-state index contributed by atoms with van der Waals surface area (Å²) in [5, 5.41) is 3.02. The fourth-order valence-electron chi connectivity index (χ4n) is 3.57. The van der Waals surface area contributed by atoms with Gasteiger partial charge in [-0.25, -0.2) is 0 Å². The number of aromatic nitrogens is 1. The van der Waals surface area contributed by atoms with E-state index in [1.807, 2.05) is 22.9 Å². The Morgan fingerprint density at radius 3 is 2.75 bits per heavy atom. The minimum atomic E-state index is -0.184. The van der Waals surface area contributed by atoms with Crippen molar-refractivity contribution in [1.29, 1.82) is 0 Å². The zero-order valence-electron chi connectivity index (χ0n) is 15.4. The standard InChI is InChI=1S/C20H20ClN3O3S/c1-12-17(19(26)14-3-2-4-15(22)18(14)21)13-5-10-28-20(13)24(12)11-16(25)23-6-8-27-9-7-23/h2-5,10H,6-9,11,22H2,1H3. The number of hydrogen-bond acceptors (Lipinski definition) is 5. The average Bonchev–Trinajstić information content (AvgIpc) is 3.26. The number of halogens is 1. The maximum absolute atomic E-state index is 13.3. The van der Waals surface area contributed by atoms with E-state index < -0.39 is 0 Å². The van der Waals surface area contributed by atoms with Gasteiger partial charge in [-0.2, -0.15) is 0 Å². The molecule has 3 heterocycles. The summed E-state index contributed by atoms with van der Waals surface area (Å²) in [5.74, 6) is -0.159. The van der Waals surface area contributed by atoms with Crippen molar-refractivity contribution < 1.29 is 14.3 Å². The van der Waals surface area contributed by atoms with Crippen LogP contribution < -0.4 is 5.73 Å². The lowest BCUT2D eigenvalue weighted by atomic mass is 10.0. The number of ether oxygens (including phenoxy) is 1. The van der Waals surface area contributed by atoms with E-state index in [0.29, 0.717) is 43.1 Å². The Kier molecular flexibility index (Phi) is 5.14. The van der Waals surface area contributed by atoms with E-state index in [0.717, 1.165) is 15.9 Å². The van der Waals surface area contributed by atoms with E-state index in [1.165, 1.54) is 11.3 Å². The van der Waals surface area contributed by atoms with Gasteiger partial charge in [-0.3, -0.25) is 9.59 Å². The highest BCUT2D eigenvalue weighted by Gasteiger charge is 2.26. The number of ketones is 1. The fraction of sp³-hybridized carbons (Fsp3) is 0.300. The summed E-state index contributed by atoms with van der Waals surface area (Å²) < 4.78 is 7.24. The molecule has 0 atom stereocenters. The highest BCUT2D eigenvalue weighted by atomic mass is 35.5. The molecule has 1 amide bonds. The van der Waals surface area contributed by atoms with Crippen LogP contribution in [0.1, 0.15) is 21.6 Å². The van der Waals surface area contributed by atoms with Crippen LogP contribution in [0.3, 0.4) is 0 Å². The molecule has 0 unspecified atom stereocenters. The first kappa shape index (κ1) is 19.0. The van der Waals surface area contributed by atoms with E-state index in [1.54, 1.807) is 23.1 Å². The number of nitrogens with two attached hydrogens (primary N) is 1. The monoisotopic (exact) mass is 417 g/mol. The topological polar surface area (TPSA) is 77.6 Å². The van der Waals surface area contributed by atoms with E-state index in [4.69, 9.17) is 22.1 Å². The number of thiophene rings is 1. The zero-order chi connectivity index (χ0) is 19.8. The number of carbonyl (C=O) groups is 2. The van der Waals surface area contributed by atoms with Crippen LogP contribution in [0.15, 0.2) is 29.6 Å². The Bertz CT molecular complexity index is 1070. The maximum atomic E-state index is 13.3. The third-order valence-electron chi connectivity index (χ3n) is 5.08. The molecular weight excluding hydrogens is 398 g/mol. The molecule has 1 saturated heterocycles. The molecule has 28 heavy (non-hydrogen) atoms. The minimum absolute atomic E-state index is 0.0256. The minimum Gasteiger partial charge on any atom is -0.398 e. The molecule has 1 aliphatic rings. The van der Waals surface area contributed by atoms with Crippen molar-refractivity contribution in [2.24, 2.45) is 0 Å². The summed E-state index contributed by atoms with van der Waals surface area (Å²) in [7, 11) is 0. The predicted molar refractivity (Wildman–Crippen MR) is 111 cm³/mol.